The van der Waals surface area contributed by atoms with Crippen LogP contribution in [0, 0.1) is 17.1 Å². The van der Waals surface area contributed by atoms with Crippen LogP contribution < -0.4 is 16.0 Å². The van der Waals surface area contributed by atoms with Crippen LogP contribution >= 0.6 is 0 Å². The maximum absolute atomic E-state index is 15.0. The molecule has 2 atom stereocenters. The molecule has 10 nitrogen and oxygen atoms in total. The molecular weight excluding hydrogens is 567 g/mol. The van der Waals surface area contributed by atoms with Gasteiger partial charge in [0.2, 0.25) is 17.7 Å². The second-order valence-electron chi connectivity index (χ2n) is 10.7. The van der Waals surface area contributed by atoms with Crippen LogP contribution in [0.3, 0.4) is 0 Å². The smallest absolute Gasteiger partial charge is 0.349 e. The minimum absolute atomic E-state index is 0.0693. The normalized spacial score (nSPS) is 15.9. The van der Waals surface area contributed by atoms with Crippen molar-refractivity contribution >= 4 is 29.3 Å². The molecule has 4 amide bonds. The molecule has 0 radical (unpaired) electrons. The van der Waals surface area contributed by atoms with Gasteiger partial charge in [-0.05, 0) is 49.6 Å². The lowest BCUT2D eigenvalue weighted by molar-refractivity contribution is -0.147. The van der Waals surface area contributed by atoms with Gasteiger partial charge in [-0.1, -0.05) is 32.0 Å². The zero-order valence-corrected chi connectivity index (χ0v) is 24.0. The first kappa shape index (κ1) is 33.1. The van der Waals surface area contributed by atoms with E-state index >= 15 is 4.39 Å². The maximum Gasteiger partial charge on any atom is 0.349 e. The molecule has 0 aromatic heterocycles. The second kappa shape index (κ2) is 13.7. The first-order valence-electron chi connectivity index (χ1n) is 13.7. The number of benzene rings is 2. The van der Waals surface area contributed by atoms with Crippen molar-refractivity contribution in [2.75, 3.05) is 25.0 Å². The van der Waals surface area contributed by atoms with Gasteiger partial charge in [0.1, 0.15) is 11.9 Å². The van der Waals surface area contributed by atoms with Crippen molar-refractivity contribution in [3.05, 3.63) is 65.0 Å². The van der Waals surface area contributed by atoms with Crippen molar-refractivity contribution in [1.29, 1.82) is 5.26 Å². The molecule has 2 aromatic carbocycles. The Balaban J connectivity index is 1.67. The van der Waals surface area contributed by atoms with E-state index in [1.807, 2.05) is 5.32 Å². The Labute approximate surface area is 247 Å². The van der Waals surface area contributed by atoms with Crippen LogP contribution in [0.2, 0.25) is 0 Å². The summed E-state index contributed by atoms with van der Waals surface area (Å²) in [6.45, 7) is 4.68. The SMILES string of the molecule is CCC(=O)N[C@@H](C(=O)N1CCC(C)(O)CC1)[C@@H](C)c1ccc(NC(=O)CNC(=O)C(F)(F)c2cccc(C#N)c2)c(F)c1. The number of amides is 4. The topological polar surface area (TPSA) is 152 Å². The number of halogens is 3. The number of carbonyl (C=O) groups excluding carboxylic acids is 4. The van der Waals surface area contributed by atoms with E-state index in [-0.39, 0.29) is 29.5 Å². The van der Waals surface area contributed by atoms with Gasteiger partial charge in [-0.25, -0.2) is 4.39 Å². The third-order valence-electron chi connectivity index (χ3n) is 7.40. The average molecular weight is 602 g/mol. The van der Waals surface area contributed by atoms with Crippen LogP contribution in [0.15, 0.2) is 42.5 Å². The minimum atomic E-state index is -4.02. The van der Waals surface area contributed by atoms with Crippen molar-refractivity contribution in [3.8, 4) is 6.07 Å². The van der Waals surface area contributed by atoms with E-state index in [4.69, 9.17) is 5.26 Å². The van der Waals surface area contributed by atoms with Crippen LogP contribution in [0.4, 0.5) is 18.9 Å². The number of piperidine rings is 1. The molecule has 230 valence electrons. The lowest BCUT2D eigenvalue weighted by Crippen LogP contribution is -2.54. The zero-order chi connectivity index (χ0) is 31.9. The Morgan fingerprint density at radius 2 is 1.79 bits per heavy atom. The summed E-state index contributed by atoms with van der Waals surface area (Å²) in [7, 11) is 0. The summed E-state index contributed by atoms with van der Waals surface area (Å²) in [6, 6.07) is 8.79. The molecule has 1 aliphatic rings. The standard InChI is InChI=1S/C30H34F3N5O5/c1-4-24(39)37-26(27(41)38-12-10-29(3,43)11-13-38)18(2)20-8-9-23(22(31)15-20)36-25(40)17-35-28(42)30(32,33)21-7-5-6-19(14-21)16-34/h5-9,14-15,18,26,43H,4,10-13,17H2,1-3H3,(H,35,42)(H,36,40)(H,37,39)/t18-,26+/m0/s1. The third-order valence-corrected chi connectivity index (χ3v) is 7.40. The van der Waals surface area contributed by atoms with Crippen LogP contribution in [0.25, 0.3) is 0 Å². The highest BCUT2D eigenvalue weighted by Crippen LogP contribution is 2.29. The molecule has 0 aliphatic carbocycles. The average Bonchev–Trinajstić information content (AvgIpc) is 2.98. The van der Waals surface area contributed by atoms with E-state index in [0.717, 1.165) is 18.2 Å². The van der Waals surface area contributed by atoms with Gasteiger partial charge >= 0.3 is 5.92 Å². The summed E-state index contributed by atoms with van der Waals surface area (Å²) in [5.74, 6) is -9.07. The molecule has 0 spiro atoms. The van der Waals surface area contributed by atoms with Crippen molar-refractivity contribution in [3.63, 3.8) is 0 Å². The highest BCUT2D eigenvalue weighted by Gasteiger charge is 2.41. The molecule has 43 heavy (non-hydrogen) atoms. The van der Waals surface area contributed by atoms with Gasteiger partial charge < -0.3 is 26.0 Å². The zero-order valence-electron chi connectivity index (χ0n) is 24.0. The molecule has 2 aromatic rings. The van der Waals surface area contributed by atoms with Crippen LogP contribution in [0.1, 0.15) is 62.6 Å². The summed E-state index contributed by atoms with van der Waals surface area (Å²) in [4.78, 5) is 51.6. The molecule has 13 heteroatoms. The molecule has 1 saturated heterocycles. The summed E-state index contributed by atoms with van der Waals surface area (Å²) in [6.07, 6.45) is 0.868. The molecule has 3 rings (SSSR count). The van der Waals surface area contributed by atoms with Gasteiger partial charge in [-0.2, -0.15) is 14.0 Å². The number of hydrogen-bond acceptors (Lipinski definition) is 6. The lowest BCUT2D eigenvalue weighted by Gasteiger charge is -2.38. The summed E-state index contributed by atoms with van der Waals surface area (Å²) >= 11 is 0. The Kier molecular flexibility index (Phi) is 10.5. The predicted molar refractivity (Wildman–Crippen MR) is 150 cm³/mol. The fourth-order valence-electron chi connectivity index (χ4n) is 4.57. The van der Waals surface area contributed by atoms with E-state index in [9.17, 15) is 33.1 Å². The van der Waals surface area contributed by atoms with Gasteiger partial charge in [0.25, 0.3) is 5.91 Å². The number of nitrogens with zero attached hydrogens (tertiary/aromatic N) is 2. The van der Waals surface area contributed by atoms with Crippen molar-refractivity contribution < 1.29 is 37.5 Å². The molecule has 1 fully saturated rings. The van der Waals surface area contributed by atoms with E-state index in [0.29, 0.717) is 31.5 Å². The maximum atomic E-state index is 15.0. The summed E-state index contributed by atoms with van der Waals surface area (Å²) < 4.78 is 44.1. The molecule has 4 N–H and O–H groups in total. The Hall–Kier alpha value is -4.44. The molecule has 0 unspecified atom stereocenters. The first-order valence-corrected chi connectivity index (χ1v) is 13.7. The number of likely N-dealkylation sites (tertiary alicyclic amines) is 1. The van der Waals surface area contributed by atoms with Crippen LogP contribution in [-0.2, 0) is 25.1 Å². The van der Waals surface area contributed by atoms with E-state index < -0.39 is 53.2 Å². The fourth-order valence-corrected chi connectivity index (χ4v) is 4.57. The highest BCUT2D eigenvalue weighted by molar-refractivity contribution is 5.96. The van der Waals surface area contributed by atoms with E-state index in [1.54, 1.807) is 31.7 Å². The van der Waals surface area contributed by atoms with Gasteiger partial charge in [-0.3, -0.25) is 19.2 Å². The number of nitrogens with one attached hydrogen (secondary N) is 3. The summed E-state index contributed by atoms with van der Waals surface area (Å²) in [5.41, 5.74) is -1.62. The predicted octanol–water partition coefficient (Wildman–Crippen LogP) is 2.92. The largest absolute Gasteiger partial charge is 0.390 e. The quantitative estimate of drug-likeness (QED) is 0.329. The molecular formula is C30H34F3N5O5. The lowest BCUT2D eigenvalue weighted by atomic mass is 9.89. The molecule has 0 saturated carbocycles. The number of nitriles is 1. The van der Waals surface area contributed by atoms with E-state index in [1.165, 1.54) is 24.3 Å². The van der Waals surface area contributed by atoms with Crippen molar-refractivity contribution in [1.82, 2.24) is 15.5 Å². The number of aliphatic hydroxyl groups is 1. The first-order chi connectivity index (χ1) is 20.2. The Bertz CT molecular complexity index is 1420. The molecule has 0 bridgehead atoms. The van der Waals surface area contributed by atoms with Gasteiger partial charge in [-0.15, -0.1) is 0 Å². The third kappa shape index (κ3) is 8.32. The minimum Gasteiger partial charge on any atom is -0.390 e. The van der Waals surface area contributed by atoms with Crippen LogP contribution in [-0.4, -0.2) is 64.9 Å². The number of rotatable bonds is 10. The number of hydrogen-bond donors (Lipinski definition) is 4. The second-order valence-corrected chi connectivity index (χ2v) is 10.7. The Morgan fingerprint density at radius 3 is 2.40 bits per heavy atom. The molecule has 1 aliphatic heterocycles. The highest BCUT2D eigenvalue weighted by atomic mass is 19.3. The summed E-state index contributed by atoms with van der Waals surface area (Å²) in [5, 5.41) is 25.8. The van der Waals surface area contributed by atoms with Crippen molar-refractivity contribution in [2.24, 2.45) is 0 Å². The molecule has 1 heterocycles. The number of carbonyl (C=O) groups is 4. The van der Waals surface area contributed by atoms with Crippen LogP contribution in [0.5, 0.6) is 0 Å². The van der Waals surface area contributed by atoms with Gasteiger partial charge in [0.15, 0.2) is 0 Å². The number of anilines is 1. The van der Waals surface area contributed by atoms with E-state index in [2.05, 4.69) is 10.6 Å². The van der Waals surface area contributed by atoms with Gasteiger partial charge in [0, 0.05) is 31.0 Å². The number of alkyl halides is 2. The monoisotopic (exact) mass is 601 g/mol. The Morgan fingerprint density at radius 1 is 1.12 bits per heavy atom. The van der Waals surface area contributed by atoms with Crippen molar-refractivity contribution in [2.45, 2.75) is 63.5 Å². The fraction of sp³-hybridized carbons (Fsp3) is 0.433. The van der Waals surface area contributed by atoms with Gasteiger partial charge in [0.05, 0.1) is 29.5 Å².